The highest BCUT2D eigenvalue weighted by atomic mass is 19.2. The van der Waals surface area contributed by atoms with Crippen molar-refractivity contribution in [2.45, 2.75) is 50.0 Å². The summed E-state index contributed by atoms with van der Waals surface area (Å²) in [6, 6.07) is 10.9. The summed E-state index contributed by atoms with van der Waals surface area (Å²) in [4.78, 5) is 15.3. The second kappa shape index (κ2) is 12.6. The SMILES string of the molecule is COc1cccc(CO[C@]2(C(=O)NCCN(C)C)CC(OCc3cccc(F)c3F)[C@H](O)[C@H](O)C2)c1. The van der Waals surface area contributed by atoms with Crippen molar-refractivity contribution in [3.8, 4) is 5.75 Å². The van der Waals surface area contributed by atoms with Crippen molar-refractivity contribution in [3.05, 3.63) is 65.2 Å². The van der Waals surface area contributed by atoms with Crippen LogP contribution in [0.5, 0.6) is 5.75 Å². The predicted octanol–water partition coefficient (Wildman–Crippen LogP) is 2.01. The maximum absolute atomic E-state index is 14.1. The Kier molecular flexibility index (Phi) is 9.75. The molecule has 4 atom stereocenters. The van der Waals surface area contributed by atoms with Gasteiger partial charge in [0.1, 0.15) is 11.9 Å². The molecule has 3 rings (SSSR count). The van der Waals surface area contributed by atoms with Crippen molar-refractivity contribution in [2.24, 2.45) is 0 Å². The van der Waals surface area contributed by atoms with Gasteiger partial charge in [-0.25, -0.2) is 8.78 Å². The zero-order chi connectivity index (χ0) is 26.3. The molecule has 0 heterocycles. The van der Waals surface area contributed by atoms with Gasteiger partial charge in [-0.3, -0.25) is 4.79 Å². The van der Waals surface area contributed by atoms with E-state index in [0.717, 1.165) is 11.6 Å². The van der Waals surface area contributed by atoms with Gasteiger partial charge in [0.15, 0.2) is 17.2 Å². The summed E-state index contributed by atoms with van der Waals surface area (Å²) in [5.74, 6) is -1.90. The van der Waals surface area contributed by atoms with Gasteiger partial charge in [0.05, 0.1) is 32.5 Å². The fourth-order valence-electron chi connectivity index (χ4n) is 4.16. The lowest BCUT2D eigenvalue weighted by Gasteiger charge is -2.44. The van der Waals surface area contributed by atoms with Gasteiger partial charge < -0.3 is 34.6 Å². The topological polar surface area (TPSA) is 100 Å². The van der Waals surface area contributed by atoms with Crippen molar-refractivity contribution >= 4 is 5.91 Å². The molecular weight excluding hydrogens is 474 g/mol. The van der Waals surface area contributed by atoms with Gasteiger partial charge >= 0.3 is 0 Å². The van der Waals surface area contributed by atoms with Crippen molar-refractivity contribution in [1.29, 1.82) is 0 Å². The molecule has 0 aliphatic heterocycles. The molecule has 1 unspecified atom stereocenters. The van der Waals surface area contributed by atoms with Crippen molar-refractivity contribution in [1.82, 2.24) is 10.2 Å². The number of nitrogens with zero attached hydrogens (tertiary/aromatic N) is 1. The number of carbonyl (C=O) groups excluding carboxylic acids is 1. The molecule has 0 bridgehead atoms. The van der Waals surface area contributed by atoms with Gasteiger partial charge in [-0.15, -0.1) is 0 Å². The van der Waals surface area contributed by atoms with Gasteiger partial charge in [-0.2, -0.15) is 0 Å². The normalized spacial score (nSPS) is 24.1. The summed E-state index contributed by atoms with van der Waals surface area (Å²) >= 11 is 0. The van der Waals surface area contributed by atoms with Crippen molar-refractivity contribution in [3.63, 3.8) is 0 Å². The van der Waals surface area contributed by atoms with E-state index in [9.17, 15) is 23.8 Å². The molecule has 0 aromatic heterocycles. The monoisotopic (exact) mass is 508 g/mol. The van der Waals surface area contributed by atoms with Crippen molar-refractivity contribution < 1.29 is 38.0 Å². The molecule has 10 heteroatoms. The van der Waals surface area contributed by atoms with Gasteiger partial charge in [-0.05, 0) is 37.9 Å². The first-order valence-corrected chi connectivity index (χ1v) is 11.8. The number of aliphatic hydroxyl groups excluding tert-OH is 2. The highest BCUT2D eigenvalue weighted by Crippen LogP contribution is 2.36. The quantitative estimate of drug-likeness (QED) is 0.427. The molecule has 1 aliphatic rings. The lowest BCUT2D eigenvalue weighted by Crippen LogP contribution is -2.61. The number of benzene rings is 2. The Morgan fingerprint density at radius 1 is 1.14 bits per heavy atom. The number of nitrogens with one attached hydrogen (secondary N) is 1. The lowest BCUT2D eigenvalue weighted by atomic mass is 9.78. The number of carbonyl (C=O) groups is 1. The molecule has 1 aliphatic carbocycles. The Bertz CT molecular complexity index is 1020. The van der Waals surface area contributed by atoms with Crippen molar-refractivity contribution in [2.75, 3.05) is 34.3 Å². The van der Waals surface area contributed by atoms with Crippen LogP contribution in [0.25, 0.3) is 0 Å². The maximum Gasteiger partial charge on any atom is 0.252 e. The minimum atomic E-state index is -1.53. The molecular formula is C26H34F2N2O6. The molecule has 0 radical (unpaired) electrons. The molecule has 1 saturated carbocycles. The minimum Gasteiger partial charge on any atom is -0.497 e. The van der Waals surface area contributed by atoms with E-state index < -0.39 is 41.5 Å². The number of hydrogen-bond donors (Lipinski definition) is 3. The Hall–Kier alpha value is -2.63. The van der Waals surface area contributed by atoms with Crippen LogP contribution in [0.3, 0.4) is 0 Å². The summed E-state index contributed by atoms with van der Waals surface area (Å²) in [6.45, 7) is 0.606. The first-order valence-electron chi connectivity index (χ1n) is 11.8. The van der Waals surface area contributed by atoms with E-state index in [4.69, 9.17) is 14.2 Å². The Labute approximate surface area is 209 Å². The number of amides is 1. The second-order valence-electron chi connectivity index (χ2n) is 9.22. The third-order valence-corrected chi connectivity index (χ3v) is 6.24. The van der Waals surface area contributed by atoms with E-state index in [1.165, 1.54) is 12.1 Å². The van der Waals surface area contributed by atoms with E-state index in [2.05, 4.69) is 5.32 Å². The maximum atomic E-state index is 14.1. The van der Waals surface area contributed by atoms with Crippen LogP contribution >= 0.6 is 0 Å². The number of likely N-dealkylation sites (N-methyl/N-ethyl adjacent to an activating group) is 1. The second-order valence-corrected chi connectivity index (χ2v) is 9.22. The predicted molar refractivity (Wildman–Crippen MR) is 128 cm³/mol. The van der Waals surface area contributed by atoms with Crippen LogP contribution in [0.2, 0.25) is 0 Å². The first kappa shape index (κ1) is 27.9. The molecule has 3 N–H and O–H groups in total. The molecule has 2 aromatic carbocycles. The fraction of sp³-hybridized carbons (Fsp3) is 0.500. The first-order chi connectivity index (χ1) is 17.1. The summed E-state index contributed by atoms with van der Waals surface area (Å²) in [7, 11) is 5.29. The van der Waals surface area contributed by atoms with Crippen LogP contribution in [0.15, 0.2) is 42.5 Å². The van der Waals surface area contributed by atoms with Gasteiger partial charge in [0.25, 0.3) is 5.91 Å². The molecule has 198 valence electrons. The van der Waals surface area contributed by atoms with Crippen LogP contribution in [-0.2, 0) is 27.5 Å². The Morgan fingerprint density at radius 2 is 1.89 bits per heavy atom. The number of ether oxygens (including phenoxy) is 3. The Morgan fingerprint density at radius 3 is 2.61 bits per heavy atom. The van der Waals surface area contributed by atoms with E-state index in [1.54, 1.807) is 25.3 Å². The number of aliphatic hydroxyl groups is 2. The third kappa shape index (κ3) is 6.98. The number of methoxy groups -OCH3 is 1. The number of rotatable bonds is 11. The zero-order valence-electron chi connectivity index (χ0n) is 20.7. The molecule has 1 fully saturated rings. The number of hydrogen-bond acceptors (Lipinski definition) is 7. The fourth-order valence-corrected chi connectivity index (χ4v) is 4.16. The summed E-state index contributed by atoms with van der Waals surface area (Å²) in [6.07, 6.45) is -4.02. The van der Waals surface area contributed by atoms with Crippen LogP contribution in [0, 0.1) is 11.6 Å². The van der Waals surface area contributed by atoms with Crippen LogP contribution in [0.1, 0.15) is 24.0 Å². The highest BCUT2D eigenvalue weighted by Gasteiger charge is 2.51. The van der Waals surface area contributed by atoms with E-state index >= 15 is 0 Å². The van der Waals surface area contributed by atoms with E-state index in [1.807, 2.05) is 25.1 Å². The molecule has 8 nitrogen and oxygen atoms in total. The standard InChI is InChI=1S/C26H34F2N2O6/c1-30(2)11-10-29-25(33)26(36-15-17-6-4-8-19(12-17)34-3)13-21(31)24(32)22(14-26)35-16-18-7-5-9-20(27)23(18)28/h4-9,12,21-22,24,31-32H,10-11,13-16H2,1-3H3,(H,29,33)/t21-,22?,24-,26+/m1/s1. The average molecular weight is 509 g/mol. The zero-order valence-corrected chi connectivity index (χ0v) is 20.7. The summed E-state index contributed by atoms with van der Waals surface area (Å²) in [5.41, 5.74) is -0.825. The summed E-state index contributed by atoms with van der Waals surface area (Å²) < 4.78 is 44.8. The van der Waals surface area contributed by atoms with E-state index in [-0.39, 0.29) is 31.6 Å². The Balaban J connectivity index is 1.81. The lowest BCUT2D eigenvalue weighted by molar-refractivity contribution is -0.200. The molecule has 36 heavy (non-hydrogen) atoms. The average Bonchev–Trinajstić information content (AvgIpc) is 2.86. The molecule has 2 aromatic rings. The van der Waals surface area contributed by atoms with Gasteiger partial charge in [0.2, 0.25) is 0 Å². The van der Waals surface area contributed by atoms with Crippen LogP contribution in [-0.4, -0.2) is 79.2 Å². The van der Waals surface area contributed by atoms with Gasteiger partial charge in [0, 0.05) is 31.5 Å². The van der Waals surface area contributed by atoms with Gasteiger partial charge in [-0.1, -0.05) is 24.3 Å². The summed E-state index contributed by atoms with van der Waals surface area (Å²) in [5, 5.41) is 24.1. The molecule has 1 amide bonds. The van der Waals surface area contributed by atoms with Crippen LogP contribution in [0.4, 0.5) is 8.78 Å². The van der Waals surface area contributed by atoms with E-state index in [0.29, 0.717) is 18.8 Å². The van der Waals surface area contributed by atoms with Crippen LogP contribution < -0.4 is 10.1 Å². The number of halogens is 2. The molecule has 0 spiro atoms. The highest BCUT2D eigenvalue weighted by molar-refractivity contribution is 5.85. The largest absolute Gasteiger partial charge is 0.497 e. The minimum absolute atomic E-state index is 0.0341. The molecule has 0 saturated heterocycles. The third-order valence-electron chi connectivity index (χ3n) is 6.24. The smallest absolute Gasteiger partial charge is 0.252 e.